The fraction of sp³-hybridized carbons (Fsp3) is 0.562. The second kappa shape index (κ2) is 6.09. The third-order valence-corrected chi connectivity index (χ3v) is 4.04. The minimum atomic E-state index is 0.0348. The Hall–Kier alpha value is -1.51. The van der Waals surface area contributed by atoms with E-state index < -0.39 is 0 Å². The van der Waals surface area contributed by atoms with E-state index in [0.717, 1.165) is 29.3 Å². The molecule has 2 N–H and O–H groups in total. The van der Waals surface area contributed by atoms with Gasteiger partial charge in [-0.3, -0.25) is 4.79 Å². The SMILES string of the molecule is CNc1ccc(C)cc1C(=O)NCC1CCC(C)C1. The molecule has 0 radical (unpaired) electrons. The summed E-state index contributed by atoms with van der Waals surface area (Å²) in [5.41, 5.74) is 2.75. The van der Waals surface area contributed by atoms with Gasteiger partial charge in [-0.25, -0.2) is 0 Å². The van der Waals surface area contributed by atoms with Crippen molar-refractivity contribution in [2.45, 2.75) is 33.1 Å². The molecule has 1 aromatic carbocycles. The van der Waals surface area contributed by atoms with Crippen molar-refractivity contribution in [3.05, 3.63) is 29.3 Å². The van der Waals surface area contributed by atoms with E-state index in [4.69, 9.17) is 0 Å². The minimum Gasteiger partial charge on any atom is -0.387 e. The van der Waals surface area contributed by atoms with Crippen molar-refractivity contribution in [3.63, 3.8) is 0 Å². The average molecular weight is 260 g/mol. The van der Waals surface area contributed by atoms with Gasteiger partial charge < -0.3 is 10.6 Å². The van der Waals surface area contributed by atoms with Crippen molar-refractivity contribution in [2.24, 2.45) is 11.8 Å². The summed E-state index contributed by atoms with van der Waals surface area (Å²) in [7, 11) is 1.85. The quantitative estimate of drug-likeness (QED) is 0.873. The topological polar surface area (TPSA) is 41.1 Å². The third-order valence-electron chi connectivity index (χ3n) is 4.04. The fourth-order valence-electron chi connectivity index (χ4n) is 2.91. The Morgan fingerprint density at radius 2 is 2.16 bits per heavy atom. The maximum Gasteiger partial charge on any atom is 0.253 e. The molecule has 0 aromatic heterocycles. The molecular formula is C16H24N2O. The number of hydrogen-bond donors (Lipinski definition) is 2. The van der Waals surface area contributed by atoms with E-state index in [1.165, 1.54) is 19.3 Å². The van der Waals surface area contributed by atoms with E-state index in [-0.39, 0.29) is 5.91 Å². The molecule has 1 aliphatic rings. The van der Waals surface area contributed by atoms with Crippen LogP contribution in [0.25, 0.3) is 0 Å². The standard InChI is InChI=1S/C16H24N2O/c1-11-4-6-13(8-11)10-18-16(19)14-9-12(2)5-7-15(14)17-3/h5,7,9,11,13,17H,4,6,8,10H2,1-3H3,(H,18,19). The number of anilines is 1. The third kappa shape index (κ3) is 3.49. The summed E-state index contributed by atoms with van der Waals surface area (Å²) in [6.07, 6.45) is 3.79. The Kier molecular flexibility index (Phi) is 4.46. The Balaban J connectivity index is 1.97. The predicted molar refractivity (Wildman–Crippen MR) is 79.6 cm³/mol. The first-order valence-corrected chi connectivity index (χ1v) is 7.16. The highest BCUT2D eigenvalue weighted by molar-refractivity contribution is 5.99. The van der Waals surface area contributed by atoms with Gasteiger partial charge >= 0.3 is 0 Å². The number of benzene rings is 1. The lowest BCUT2D eigenvalue weighted by molar-refractivity contribution is 0.0948. The highest BCUT2D eigenvalue weighted by atomic mass is 16.1. The van der Waals surface area contributed by atoms with Crippen LogP contribution in [0.3, 0.4) is 0 Å². The van der Waals surface area contributed by atoms with Gasteiger partial charge in [-0.2, -0.15) is 0 Å². The van der Waals surface area contributed by atoms with E-state index in [2.05, 4.69) is 17.6 Å². The van der Waals surface area contributed by atoms with Crippen LogP contribution in [-0.2, 0) is 0 Å². The molecule has 0 heterocycles. The molecule has 1 saturated carbocycles. The van der Waals surface area contributed by atoms with Crippen molar-refractivity contribution >= 4 is 11.6 Å². The van der Waals surface area contributed by atoms with Crippen molar-refractivity contribution < 1.29 is 4.79 Å². The lowest BCUT2D eigenvalue weighted by atomic mass is 10.1. The Morgan fingerprint density at radius 3 is 2.79 bits per heavy atom. The van der Waals surface area contributed by atoms with E-state index >= 15 is 0 Å². The van der Waals surface area contributed by atoms with Crippen LogP contribution in [-0.4, -0.2) is 19.5 Å². The zero-order chi connectivity index (χ0) is 13.8. The molecule has 1 aliphatic carbocycles. The summed E-state index contributed by atoms with van der Waals surface area (Å²) in [5, 5.41) is 6.16. The predicted octanol–water partition coefficient (Wildman–Crippen LogP) is 3.20. The van der Waals surface area contributed by atoms with Gasteiger partial charge in [0.1, 0.15) is 0 Å². The van der Waals surface area contributed by atoms with E-state index in [1.807, 2.05) is 32.2 Å². The van der Waals surface area contributed by atoms with Gasteiger partial charge in [-0.05, 0) is 43.7 Å². The number of rotatable bonds is 4. The van der Waals surface area contributed by atoms with Crippen LogP contribution in [0.4, 0.5) is 5.69 Å². The van der Waals surface area contributed by atoms with Crippen LogP contribution in [0.2, 0.25) is 0 Å². The van der Waals surface area contributed by atoms with E-state index in [9.17, 15) is 4.79 Å². The van der Waals surface area contributed by atoms with Gasteiger partial charge in [0.25, 0.3) is 5.91 Å². The summed E-state index contributed by atoms with van der Waals surface area (Å²) < 4.78 is 0. The number of carbonyl (C=O) groups excluding carboxylic acids is 1. The van der Waals surface area contributed by atoms with Crippen LogP contribution in [0.5, 0.6) is 0 Å². The zero-order valence-electron chi connectivity index (χ0n) is 12.1. The molecule has 3 heteroatoms. The lowest BCUT2D eigenvalue weighted by Gasteiger charge is -2.14. The zero-order valence-corrected chi connectivity index (χ0v) is 12.1. The van der Waals surface area contributed by atoms with Gasteiger partial charge in [0.2, 0.25) is 0 Å². The maximum absolute atomic E-state index is 12.3. The molecule has 0 saturated heterocycles. The second-order valence-corrected chi connectivity index (χ2v) is 5.79. The van der Waals surface area contributed by atoms with E-state index in [1.54, 1.807) is 0 Å². The number of hydrogen-bond acceptors (Lipinski definition) is 2. The number of aryl methyl sites for hydroxylation is 1. The molecule has 0 spiro atoms. The van der Waals surface area contributed by atoms with Gasteiger partial charge in [0, 0.05) is 19.3 Å². The Labute approximate surface area is 115 Å². The van der Waals surface area contributed by atoms with Gasteiger partial charge in [0.15, 0.2) is 0 Å². The van der Waals surface area contributed by atoms with Crippen LogP contribution in [0, 0.1) is 18.8 Å². The van der Waals surface area contributed by atoms with Gasteiger partial charge in [-0.15, -0.1) is 0 Å². The van der Waals surface area contributed by atoms with Crippen LogP contribution < -0.4 is 10.6 Å². The summed E-state index contributed by atoms with van der Waals surface area (Å²) in [4.78, 5) is 12.3. The van der Waals surface area contributed by atoms with Crippen molar-refractivity contribution in [1.29, 1.82) is 0 Å². The highest BCUT2D eigenvalue weighted by Gasteiger charge is 2.22. The summed E-state index contributed by atoms with van der Waals surface area (Å²) in [6.45, 7) is 5.11. The molecule has 1 aromatic rings. The number of nitrogens with one attached hydrogen (secondary N) is 2. The number of carbonyl (C=O) groups is 1. The Bertz CT molecular complexity index is 456. The highest BCUT2D eigenvalue weighted by Crippen LogP contribution is 2.29. The molecule has 2 unspecified atom stereocenters. The van der Waals surface area contributed by atoms with Crippen LogP contribution in [0.1, 0.15) is 42.1 Å². The maximum atomic E-state index is 12.3. The van der Waals surface area contributed by atoms with Crippen LogP contribution >= 0.6 is 0 Å². The molecule has 2 rings (SSSR count). The van der Waals surface area contributed by atoms with Gasteiger partial charge in [-0.1, -0.05) is 25.0 Å². The van der Waals surface area contributed by atoms with Crippen molar-refractivity contribution in [1.82, 2.24) is 5.32 Å². The molecular weight excluding hydrogens is 236 g/mol. The largest absolute Gasteiger partial charge is 0.387 e. The molecule has 3 nitrogen and oxygen atoms in total. The molecule has 0 aliphatic heterocycles. The molecule has 0 bridgehead atoms. The summed E-state index contributed by atoms with van der Waals surface area (Å²) in [6, 6.07) is 5.92. The molecule has 1 fully saturated rings. The first-order valence-electron chi connectivity index (χ1n) is 7.16. The van der Waals surface area contributed by atoms with E-state index in [0.29, 0.717) is 5.92 Å². The monoisotopic (exact) mass is 260 g/mol. The summed E-state index contributed by atoms with van der Waals surface area (Å²) >= 11 is 0. The molecule has 1 amide bonds. The molecule has 2 atom stereocenters. The molecule has 104 valence electrons. The van der Waals surface area contributed by atoms with Crippen molar-refractivity contribution in [2.75, 3.05) is 18.9 Å². The van der Waals surface area contributed by atoms with Crippen molar-refractivity contribution in [3.8, 4) is 0 Å². The average Bonchev–Trinajstić information content (AvgIpc) is 2.81. The van der Waals surface area contributed by atoms with Gasteiger partial charge in [0.05, 0.1) is 5.56 Å². The second-order valence-electron chi connectivity index (χ2n) is 5.79. The van der Waals surface area contributed by atoms with Crippen LogP contribution in [0.15, 0.2) is 18.2 Å². The normalized spacial score (nSPS) is 22.3. The fourth-order valence-corrected chi connectivity index (χ4v) is 2.91. The minimum absolute atomic E-state index is 0.0348. The first-order chi connectivity index (χ1) is 9.10. The number of amides is 1. The molecule has 19 heavy (non-hydrogen) atoms. The lowest BCUT2D eigenvalue weighted by Crippen LogP contribution is -2.29. The Morgan fingerprint density at radius 1 is 1.37 bits per heavy atom. The summed E-state index contributed by atoms with van der Waals surface area (Å²) in [5.74, 6) is 1.50. The first kappa shape index (κ1) is 13.9. The smallest absolute Gasteiger partial charge is 0.253 e.